The average molecular weight is 199 g/mol. The van der Waals surface area contributed by atoms with E-state index in [4.69, 9.17) is 0 Å². The minimum Gasteiger partial charge on any atom is -0.340 e. The third-order valence-corrected chi connectivity index (χ3v) is 2.81. The van der Waals surface area contributed by atoms with Gasteiger partial charge in [0.15, 0.2) is 0 Å². The van der Waals surface area contributed by atoms with Crippen molar-refractivity contribution < 1.29 is 4.79 Å². The van der Waals surface area contributed by atoms with E-state index in [1.807, 2.05) is 4.90 Å². The van der Waals surface area contributed by atoms with Gasteiger partial charge in [0.1, 0.15) is 0 Å². The van der Waals surface area contributed by atoms with Crippen LogP contribution < -0.4 is 0 Å². The second-order valence-electron chi connectivity index (χ2n) is 4.88. The third kappa shape index (κ3) is 4.64. The van der Waals surface area contributed by atoms with Crippen molar-refractivity contribution in [2.24, 2.45) is 11.8 Å². The molecule has 0 fully saturated rings. The number of rotatable bonds is 5. The van der Waals surface area contributed by atoms with Crippen LogP contribution in [0, 0.1) is 11.8 Å². The standard InChI is InChI=1S/C12H25NO/c1-9(2)7-8-13(12(6)14)11(5)10(3)4/h9-11H,7-8H2,1-6H3. The number of carbonyl (C=O) groups is 1. The van der Waals surface area contributed by atoms with Crippen LogP contribution >= 0.6 is 0 Å². The van der Waals surface area contributed by atoms with E-state index in [0.717, 1.165) is 13.0 Å². The van der Waals surface area contributed by atoms with Crippen LogP contribution in [0.25, 0.3) is 0 Å². The monoisotopic (exact) mass is 199 g/mol. The van der Waals surface area contributed by atoms with Crippen molar-refractivity contribution in [3.8, 4) is 0 Å². The van der Waals surface area contributed by atoms with Gasteiger partial charge in [0.2, 0.25) is 5.91 Å². The van der Waals surface area contributed by atoms with E-state index in [1.54, 1.807) is 6.92 Å². The highest BCUT2D eigenvalue weighted by Gasteiger charge is 2.19. The molecule has 2 heteroatoms. The van der Waals surface area contributed by atoms with Gasteiger partial charge in [-0.05, 0) is 25.2 Å². The molecular formula is C12H25NO. The molecule has 0 rings (SSSR count). The molecule has 0 spiro atoms. The first-order valence-electron chi connectivity index (χ1n) is 5.63. The van der Waals surface area contributed by atoms with Gasteiger partial charge in [-0.3, -0.25) is 4.79 Å². The molecule has 0 aromatic rings. The maximum atomic E-state index is 11.4. The van der Waals surface area contributed by atoms with Crippen molar-refractivity contribution in [2.75, 3.05) is 6.54 Å². The zero-order valence-corrected chi connectivity index (χ0v) is 10.5. The van der Waals surface area contributed by atoms with E-state index < -0.39 is 0 Å². The van der Waals surface area contributed by atoms with Gasteiger partial charge >= 0.3 is 0 Å². The van der Waals surface area contributed by atoms with E-state index in [-0.39, 0.29) is 5.91 Å². The summed E-state index contributed by atoms with van der Waals surface area (Å²) < 4.78 is 0. The lowest BCUT2D eigenvalue weighted by Gasteiger charge is -2.31. The molecule has 1 amide bonds. The van der Waals surface area contributed by atoms with Gasteiger partial charge in [-0.2, -0.15) is 0 Å². The average Bonchev–Trinajstić information content (AvgIpc) is 2.02. The van der Waals surface area contributed by atoms with Crippen molar-refractivity contribution >= 4 is 5.91 Å². The summed E-state index contributed by atoms with van der Waals surface area (Å²) in [5, 5.41) is 0. The fourth-order valence-electron chi connectivity index (χ4n) is 1.41. The molecule has 14 heavy (non-hydrogen) atoms. The van der Waals surface area contributed by atoms with E-state index >= 15 is 0 Å². The molecule has 0 aliphatic carbocycles. The Bertz CT molecular complexity index is 175. The maximum absolute atomic E-state index is 11.4. The zero-order chi connectivity index (χ0) is 11.3. The summed E-state index contributed by atoms with van der Waals surface area (Å²) in [7, 11) is 0. The number of nitrogens with zero attached hydrogens (tertiary/aromatic N) is 1. The molecule has 1 atom stereocenters. The highest BCUT2D eigenvalue weighted by molar-refractivity contribution is 5.73. The number of carbonyl (C=O) groups excluding carboxylic acids is 1. The summed E-state index contributed by atoms with van der Waals surface area (Å²) >= 11 is 0. The Morgan fingerprint density at radius 1 is 1.14 bits per heavy atom. The first-order chi connectivity index (χ1) is 6.36. The molecule has 0 radical (unpaired) electrons. The molecule has 0 N–H and O–H groups in total. The van der Waals surface area contributed by atoms with Crippen LogP contribution in [0.4, 0.5) is 0 Å². The van der Waals surface area contributed by atoms with E-state index in [0.29, 0.717) is 17.9 Å². The lowest BCUT2D eigenvalue weighted by atomic mass is 10.0. The largest absolute Gasteiger partial charge is 0.340 e. The van der Waals surface area contributed by atoms with Crippen LogP contribution in [-0.2, 0) is 4.79 Å². The van der Waals surface area contributed by atoms with E-state index in [9.17, 15) is 4.79 Å². The number of hydrogen-bond donors (Lipinski definition) is 0. The predicted octanol–water partition coefficient (Wildman–Crippen LogP) is 2.93. The van der Waals surface area contributed by atoms with Crippen molar-refractivity contribution in [1.29, 1.82) is 0 Å². The van der Waals surface area contributed by atoms with Gasteiger partial charge in [0.25, 0.3) is 0 Å². The molecule has 1 unspecified atom stereocenters. The minimum absolute atomic E-state index is 0.201. The third-order valence-electron chi connectivity index (χ3n) is 2.81. The maximum Gasteiger partial charge on any atom is 0.219 e. The lowest BCUT2D eigenvalue weighted by molar-refractivity contribution is -0.131. The molecule has 0 heterocycles. The molecule has 0 saturated heterocycles. The van der Waals surface area contributed by atoms with Crippen molar-refractivity contribution in [3.05, 3.63) is 0 Å². The molecule has 0 bridgehead atoms. The highest BCUT2D eigenvalue weighted by Crippen LogP contribution is 2.12. The van der Waals surface area contributed by atoms with Gasteiger partial charge in [-0.25, -0.2) is 0 Å². The summed E-state index contributed by atoms with van der Waals surface area (Å²) in [5.41, 5.74) is 0. The van der Waals surface area contributed by atoms with Gasteiger partial charge < -0.3 is 4.90 Å². The Hall–Kier alpha value is -0.530. The summed E-state index contributed by atoms with van der Waals surface area (Å²) in [6.45, 7) is 13.4. The van der Waals surface area contributed by atoms with Crippen molar-refractivity contribution in [2.45, 2.75) is 54.0 Å². The molecule has 0 saturated carbocycles. The fourth-order valence-corrected chi connectivity index (χ4v) is 1.41. The first kappa shape index (κ1) is 13.5. The van der Waals surface area contributed by atoms with Crippen LogP contribution in [0.1, 0.15) is 48.0 Å². The van der Waals surface area contributed by atoms with Crippen molar-refractivity contribution in [1.82, 2.24) is 4.90 Å². The van der Waals surface area contributed by atoms with Crippen LogP contribution in [0.15, 0.2) is 0 Å². The SMILES string of the molecule is CC(=O)N(CCC(C)C)C(C)C(C)C. The molecular weight excluding hydrogens is 174 g/mol. The van der Waals surface area contributed by atoms with Crippen LogP contribution in [0.5, 0.6) is 0 Å². The summed E-state index contributed by atoms with van der Waals surface area (Å²) in [4.78, 5) is 13.4. The number of hydrogen-bond acceptors (Lipinski definition) is 1. The Labute approximate surface area is 88.7 Å². The summed E-state index contributed by atoms with van der Waals surface area (Å²) in [5.74, 6) is 1.40. The molecule has 0 aliphatic heterocycles. The van der Waals surface area contributed by atoms with Gasteiger partial charge in [0.05, 0.1) is 0 Å². The highest BCUT2D eigenvalue weighted by atomic mass is 16.2. The Morgan fingerprint density at radius 3 is 1.93 bits per heavy atom. The van der Waals surface area contributed by atoms with E-state index in [1.165, 1.54) is 0 Å². The normalized spacial score (nSPS) is 13.4. The molecule has 0 aliphatic rings. The van der Waals surface area contributed by atoms with Crippen LogP contribution in [-0.4, -0.2) is 23.4 Å². The Kier molecular flexibility index (Phi) is 5.82. The van der Waals surface area contributed by atoms with Crippen LogP contribution in [0.3, 0.4) is 0 Å². The van der Waals surface area contributed by atoms with E-state index in [2.05, 4.69) is 34.6 Å². The predicted molar refractivity (Wildman–Crippen MR) is 61.1 cm³/mol. The quantitative estimate of drug-likeness (QED) is 0.666. The molecule has 0 aromatic carbocycles. The molecule has 0 aromatic heterocycles. The van der Waals surface area contributed by atoms with Gasteiger partial charge in [0, 0.05) is 19.5 Å². The van der Waals surface area contributed by atoms with Crippen LogP contribution in [0.2, 0.25) is 0 Å². The topological polar surface area (TPSA) is 20.3 Å². The second kappa shape index (κ2) is 6.05. The zero-order valence-electron chi connectivity index (χ0n) is 10.5. The lowest BCUT2D eigenvalue weighted by Crippen LogP contribution is -2.41. The summed E-state index contributed by atoms with van der Waals surface area (Å²) in [6, 6.07) is 0.353. The van der Waals surface area contributed by atoms with Gasteiger partial charge in [-0.1, -0.05) is 27.7 Å². The summed E-state index contributed by atoms with van der Waals surface area (Å²) in [6.07, 6.45) is 1.09. The fraction of sp³-hybridized carbons (Fsp3) is 0.917. The Morgan fingerprint density at radius 2 is 1.64 bits per heavy atom. The van der Waals surface area contributed by atoms with Crippen molar-refractivity contribution in [3.63, 3.8) is 0 Å². The minimum atomic E-state index is 0.201. The second-order valence-corrected chi connectivity index (χ2v) is 4.88. The number of amides is 1. The molecule has 2 nitrogen and oxygen atoms in total. The molecule has 84 valence electrons. The van der Waals surface area contributed by atoms with Gasteiger partial charge in [-0.15, -0.1) is 0 Å². The smallest absolute Gasteiger partial charge is 0.219 e. The first-order valence-corrected chi connectivity index (χ1v) is 5.63. The Balaban J connectivity index is 4.22.